The molecule has 0 aromatic heterocycles. The summed E-state index contributed by atoms with van der Waals surface area (Å²) in [7, 11) is -1.96. The lowest BCUT2D eigenvalue weighted by molar-refractivity contribution is 0.435. The topological polar surface area (TPSA) is 83.6 Å². The fourth-order valence-electron chi connectivity index (χ4n) is 1.92. The van der Waals surface area contributed by atoms with E-state index < -0.39 is 10.0 Å². The number of rotatable bonds is 5. The number of nitrogens with two attached hydrogens (primary N) is 1. The minimum atomic E-state index is -3.46. The van der Waals surface area contributed by atoms with Crippen molar-refractivity contribution in [2.24, 2.45) is 0 Å². The Morgan fingerprint density at radius 2 is 1.71 bits per heavy atom. The molecule has 0 aliphatic rings. The van der Waals surface area contributed by atoms with E-state index in [4.69, 9.17) is 5.73 Å². The molecule has 2 aromatic carbocycles. The molecule has 0 spiro atoms. The van der Waals surface area contributed by atoms with Crippen LogP contribution in [0.1, 0.15) is 11.1 Å². The molecule has 0 saturated carbocycles. The van der Waals surface area contributed by atoms with E-state index in [1.807, 2.05) is 0 Å². The summed E-state index contributed by atoms with van der Waals surface area (Å²) in [5.41, 5.74) is 7.42. The van der Waals surface area contributed by atoms with E-state index in [0.29, 0.717) is 16.8 Å². The van der Waals surface area contributed by atoms with Crippen LogP contribution >= 0.6 is 0 Å². The van der Waals surface area contributed by atoms with Gasteiger partial charge in [0, 0.05) is 24.8 Å². The normalized spacial score (nSPS) is 11.7. The van der Waals surface area contributed by atoms with E-state index in [-0.39, 0.29) is 18.0 Å². The number of hydrogen-bond acceptors (Lipinski definition) is 4. The van der Waals surface area contributed by atoms with Gasteiger partial charge in [0.05, 0.1) is 5.75 Å². The van der Waals surface area contributed by atoms with Crippen molar-refractivity contribution in [2.75, 3.05) is 12.8 Å². The summed E-state index contributed by atoms with van der Waals surface area (Å²) >= 11 is 0. The third kappa shape index (κ3) is 3.96. The molecule has 0 amide bonds. The molecule has 6 heteroatoms. The fourth-order valence-corrected chi connectivity index (χ4v) is 3.09. The first kappa shape index (κ1) is 15.3. The standard InChI is InChI=1S/C15H18N2O3S/c1-17(10-13-4-2-3-5-15(13)18)21(19,20)11-12-6-8-14(16)9-7-12/h2-9,18H,10-11,16H2,1H3. The van der Waals surface area contributed by atoms with Crippen LogP contribution in [0.2, 0.25) is 0 Å². The van der Waals surface area contributed by atoms with Crippen molar-refractivity contribution in [3.05, 3.63) is 59.7 Å². The molecular formula is C15H18N2O3S. The molecule has 2 rings (SSSR count). The van der Waals surface area contributed by atoms with E-state index in [2.05, 4.69) is 0 Å². The Bertz CT molecular complexity index is 712. The van der Waals surface area contributed by atoms with E-state index in [1.165, 1.54) is 17.4 Å². The van der Waals surface area contributed by atoms with Crippen LogP contribution in [-0.4, -0.2) is 24.9 Å². The molecule has 3 N–H and O–H groups in total. The van der Waals surface area contributed by atoms with Crippen LogP contribution < -0.4 is 5.73 Å². The molecule has 0 aliphatic carbocycles. The summed E-state index contributed by atoms with van der Waals surface area (Å²) in [6.07, 6.45) is 0. The molecule has 0 atom stereocenters. The van der Waals surface area contributed by atoms with Crippen molar-refractivity contribution < 1.29 is 13.5 Å². The summed E-state index contributed by atoms with van der Waals surface area (Å²) in [5, 5.41) is 9.71. The van der Waals surface area contributed by atoms with E-state index >= 15 is 0 Å². The van der Waals surface area contributed by atoms with Gasteiger partial charge in [-0.05, 0) is 23.8 Å². The second-order valence-corrected chi connectivity index (χ2v) is 6.96. The average molecular weight is 306 g/mol. The number of aromatic hydroxyl groups is 1. The Morgan fingerprint density at radius 3 is 2.33 bits per heavy atom. The number of hydrogen-bond donors (Lipinski definition) is 2. The van der Waals surface area contributed by atoms with Crippen LogP contribution in [0.5, 0.6) is 5.75 Å². The monoisotopic (exact) mass is 306 g/mol. The predicted octanol–water partition coefficient (Wildman–Crippen LogP) is 1.94. The SMILES string of the molecule is CN(Cc1ccccc1O)S(=O)(=O)Cc1ccc(N)cc1. The van der Waals surface area contributed by atoms with Gasteiger partial charge < -0.3 is 10.8 Å². The van der Waals surface area contributed by atoms with Crippen molar-refractivity contribution in [2.45, 2.75) is 12.3 Å². The first-order valence-electron chi connectivity index (χ1n) is 6.44. The maximum absolute atomic E-state index is 12.3. The average Bonchev–Trinajstić information content (AvgIpc) is 2.43. The Balaban J connectivity index is 2.12. The van der Waals surface area contributed by atoms with E-state index in [1.54, 1.807) is 42.5 Å². The number of sulfonamides is 1. The highest BCUT2D eigenvalue weighted by molar-refractivity contribution is 7.88. The van der Waals surface area contributed by atoms with Crippen LogP contribution in [0.4, 0.5) is 5.69 Å². The Kier molecular flexibility index (Phi) is 4.50. The molecule has 0 bridgehead atoms. The molecule has 0 unspecified atom stereocenters. The number of nitrogens with zero attached hydrogens (tertiary/aromatic N) is 1. The van der Waals surface area contributed by atoms with Gasteiger partial charge in [-0.25, -0.2) is 12.7 Å². The number of phenolic OH excluding ortho intramolecular Hbond substituents is 1. The fraction of sp³-hybridized carbons (Fsp3) is 0.200. The molecule has 112 valence electrons. The molecule has 0 radical (unpaired) electrons. The zero-order valence-electron chi connectivity index (χ0n) is 11.7. The van der Waals surface area contributed by atoms with E-state index in [9.17, 15) is 13.5 Å². The lowest BCUT2D eigenvalue weighted by atomic mass is 10.2. The third-order valence-corrected chi connectivity index (χ3v) is 4.97. The van der Waals surface area contributed by atoms with Gasteiger partial charge in [-0.1, -0.05) is 30.3 Å². The Labute approximate surface area is 124 Å². The molecule has 2 aromatic rings. The van der Waals surface area contributed by atoms with Crippen LogP contribution in [-0.2, 0) is 22.3 Å². The van der Waals surface area contributed by atoms with Crippen LogP contribution in [0.15, 0.2) is 48.5 Å². The minimum Gasteiger partial charge on any atom is -0.508 e. The van der Waals surface area contributed by atoms with Gasteiger partial charge in [-0.2, -0.15) is 0 Å². The van der Waals surface area contributed by atoms with Crippen molar-refractivity contribution in [1.82, 2.24) is 4.31 Å². The lowest BCUT2D eigenvalue weighted by Gasteiger charge is -2.18. The largest absolute Gasteiger partial charge is 0.508 e. The first-order valence-corrected chi connectivity index (χ1v) is 8.05. The van der Waals surface area contributed by atoms with Gasteiger partial charge in [0.1, 0.15) is 5.75 Å². The summed E-state index contributed by atoms with van der Waals surface area (Å²) < 4.78 is 25.9. The molecule has 21 heavy (non-hydrogen) atoms. The molecule has 0 heterocycles. The summed E-state index contributed by atoms with van der Waals surface area (Å²) in [4.78, 5) is 0. The second kappa shape index (κ2) is 6.15. The van der Waals surface area contributed by atoms with Crippen LogP contribution in [0.25, 0.3) is 0 Å². The summed E-state index contributed by atoms with van der Waals surface area (Å²) in [5.74, 6) is -0.00998. The zero-order chi connectivity index (χ0) is 15.5. The van der Waals surface area contributed by atoms with Crippen molar-refractivity contribution >= 4 is 15.7 Å². The van der Waals surface area contributed by atoms with Gasteiger partial charge in [-0.15, -0.1) is 0 Å². The van der Waals surface area contributed by atoms with Crippen molar-refractivity contribution in [3.63, 3.8) is 0 Å². The first-order chi connectivity index (χ1) is 9.88. The highest BCUT2D eigenvalue weighted by Crippen LogP contribution is 2.20. The number of benzene rings is 2. The van der Waals surface area contributed by atoms with Gasteiger partial charge in [0.15, 0.2) is 0 Å². The molecule has 0 saturated heterocycles. The number of anilines is 1. The number of phenols is 1. The Hall–Kier alpha value is -2.05. The molecule has 5 nitrogen and oxygen atoms in total. The maximum Gasteiger partial charge on any atom is 0.218 e. The number of nitrogen functional groups attached to an aromatic ring is 1. The van der Waals surface area contributed by atoms with Crippen molar-refractivity contribution in [3.8, 4) is 5.75 Å². The highest BCUT2D eigenvalue weighted by Gasteiger charge is 2.19. The quantitative estimate of drug-likeness (QED) is 0.827. The van der Waals surface area contributed by atoms with Gasteiger partial charge in [0.25, 0.3) is 0 Å². The van der Waals surface area contributed by atoms with E-state index in [0.717, 1.165) is 0 Å². The van der Waals surface area contributed by atoms with Gasteiger partial charge >= 0.3 is 0 Å². The third-order valence-electron chi connectivity index (χ3n) is 3.19. The van der Waals surface area contributed by atoms with Crippen LogP contribution in [0.3, 0.4) is 0 Å². The van der Waals surface area contributed by atoms with Crippen LogP contribution in [0, 0.1) is 0 Å². The number of para-hydroxylation sites is 1. The lowest BCUT2D eigenvalue weighted by Crippen LogP contribution is -2.27. The minimum absolute atomic E-state index is 0.0898. The maximum atomic E-state index is 12.3. The molecule has 0 fully saturated rings. The smallest absolute Gasteiger partial charge is 0.218 e. The molecule has 0 aliphatic heterocycles. The zero-order valence-corrected chi connectivity index (χ0v) is 12.5. The predicted molar refractivity (Wildman–Crippen MR) is 83.1 cm³/mol. The summed E-state index contributed by atoms with van der Waals surface area (Å²) in [6.45, 7) is 0.129. The molecular weight excluding hydrogens is 288 g/mol. The summed E-state index contributed by atoms with van der Waals surface area (Å²) in [6, 6.07) is 13.4. The highest BCUT2D eigenvalue weighted by atomic mass is 32.2. The second-order valence-electron chi connectivity index (χ2n) is 4.88. The Morgan fingerprint density at radius 1 is 1.10 bits per heavy atom. The van der Waals surface area contributed by atoms with Gasteiger partial charge in [-0.3, -0.25) is 0 Å². The van der Waals surface area contributed by atoms with Crippen molar-refractivity contribution in [1.29, 1.82) is 0 Å². The van der Waals surface area contributed by atoms with Gasteiger partial charge in [0.2, 0.25) is 10.0 Å².